The highest BCUT2D eigenvalue weighted by molar-refractivity contribution is 9.11. The number of anilines is 1. The lowest BCUT2D eigenvalue weighted by Crippen LogP contribution is -2.29. The molecule has 2 aromatic rings. The number of ether oxygens (including phenoxy) is 1. The molecule has 0 heterocycles. The number of aliphatic carboxylic acids is 1. The molecular formula is C22H22Br3NO5. The Kier molecular flexibility index (Phi) is 9.14. The highest BCUT2D eigenvalue weighted by Crippen LogP contribution is 2.46. The Labute approximate surface area is 206 Å². The van der Waals surface area contributed by atoms with Gasteiger partial charge in [-0.3, -0.25) is 5.32 Å². The summed E-state index contributed by atoms with van der Waals surface area (Å²) >= 11 is 10.1. The number of amides is 1. The topological polar surface area (TPSA) is 95.9 Å². The first kappa shape index (κ1) is 25.4. The van der Waals surface area contributed by atoms with E-state index >= 15 is 0 Å². The van der Waals surface area contributed by atoms with Crippen LogP contribution in [0.3, 0.4) is 0 Å². The number of nitrogens with one attached hydrogen (secondary N) is 1. The molecular weight excluding hydrogens is 598 g/mol. The first-order valence-corrected chi connectivity index (χ1v) is 11.7. The third-order valence-corrected chi connectivity index (χ3v) is 6.17. The molecule has 1 amide bonds. The number of hydrogen-bond donors (Lipinski definition) is 3. The van der Waals surface area contributed by atoms with Gasteiger partial charge in [0.05, 0.1) is 4.47 Å². The van der Waals surface area contributed by atoms with Gasteiger partial charge >= 0.3 is 12.1 Å². The predicted octanol–water partition coefficient (Wildman–Crippen LogP) is 7.42. The minimum absolute atomic E-state index is 0.0289. The van der Waals surface area contributed by atoms with Gasteiger partial charge in [-0.05, 0) is 65.2 Å². The first-order chi connectivity index (χ1) is 14.5. The fourth-order valence-electron chi connectivity index (χ4n) is 2.99. The lowest BCUT2D eigenvalue weighted by molar-refractivity contribution is -0.131. The second-order valence-electron chi connectivity index (χ2n) is 7.51. The maximum absolute atomic E-state index is 12.7. The summed E-state index contributed by atoms with van der Waals surface area (Å²) in [7, 11) is 0. The molecule has 0 aromatic heterocycles. The van der Waals surface area contributed by atoms with Crippen LogP contribution >= 0.6 is 47.8 Å². The highest BCUT2D eigenvalue weighted by Gasteiger charge is 2.36. The van der Waals surface area contributed by atoms with Gasteiger partial charge in [0.15, 0.2) is 0 Å². The zero-order valence-electron chi connectivity index (χ0n) is 16.9. The molecule has 0 saturated heterocycles. The van der Waals surface area contributed by atoms with E-state index in [1.54, 1.807) is 42.5 Å². The van der Waals surface area contributed by atoms with Crippen LogP contribution in [-0.4, -0.2) is 22.3 Å². The minimum Gasteiger partial charge on any atom is -0.506 e. The third-order valence-electron chi connectivity index (χ3n) is 4.58. The molecule has 0 fully saturated rings. The standard InChI is InChI=1S/C22H22Br3NO5/c1-22(2,10-4-3-5-18(27)28)20(16-11-14(24)12-17(25)19(16)29)31-21(30)26-15-8-6-13(23)7-9-15/h3,5-9,11-12,20,29H,4,10H2,1-2H3,(H,26,30)(H,27,28)/b5-3+/t20-/m0/s1. The number of hydrogen-bond acceptors (Lipinski definition) is 4. The molecule has 2 rings (SSSR count). The lowest BCUT2D eigenvalue weighted by atomic mass is 9.78. The molecule has 3 N–H and O–H groups in total. The average Bonchev–Trinajstić information content (AvgIpc) is 2.68. The smallest absolute Gasteiger partial charge is 0.412 e. The van der Waals surface area contributed by atoms with Crippen molar-refractivity contribution >= 4 is 65.5 Å². The Balaban J connectivity index is 2.32. The van der Waals surface area contributed by atoms with Crippen molar-refractivity contribution in [1.29, 1.82) is 0 Å². The monoisotopic (exact) mass is 617 g/mol. The molecule has 0 bridgehead atoms. The van der Waals surface area contributed by atoms with Gasteiger partial charge < -0.3 is 14.9 Å². The molecule has 1 atom stereocenters. The summed E-state index contributed by atoms with van der Waals surface area (Å²) in [5.74, 6) is -1.05. The lowest BCUT2D eigenvalue weighted by Gasteiger charge is -2.34. The summed E-state index contributed by atoms with van der Waals surface area (Å²) in [5, 5.41) is 22.1. The van der Waals surface area contributed by atoms with Gasteiger partial charge in [0.2, 0.25) is 0 Å². The second-order valence-corrected chi connectivity index (χ2v) is 10.2. The van der Waals surface area contributed by atoms with E-state index in [4.69, 9.17) is 9.84 Å². The number of aromatic hydroxyl groups is 1. The number of phenolic OH excluding ortho intramolecular Hbond substituents is 1. The largest absolute Gasteiger partial charge is 0.506 e. The molecule has 0 spiro atoms. The average molecular weight is 620 g/mol. The van der Waals surface area contributed by atoms with Gasteiger partial charge in [0.25, 0.3) is 0 Å². The van der Waals surface area contributed by atoms with Crippen LogP contribution in [0.2, 0.25) is 0 Å². The fourth-order valence-corrected chi connectivity index (χ4v) is 4.51. The van der Waals surface area contributed by atoms with E-state index in [0.717, 1.165) is 10.5 Å². The van der Waals surface area contributed by atoms with Crippen LogP contribution in [0.4, 0.5) is 10.5 Å². The van der Waals surface area contributed by atoms with Crippen molar-refractivity contribution in [2.75, 3.05) is 5.32 Å². The van der Waals surface area contributed by atoms with Crippen molar-refractivity contribution < 1.29 is 24.5 Å². The maximum Gasteiger partial charge on any atom is 0.412 e. The van der Waals surface area contributed by atoms with Crippen LogP contribution in [0.1, 0.15) is 38.4 Å². The molecule has 0 aliphatic carbocycles. The Hall–Kier alpha value is -1.84. The number of carboxylic acid groups (broad SMARTS) is 1. The number of halogens is 3. The molecule has 2 aromatic carbocycles. The van der Waals surface area contributed by atoms with E-state index in [9.17, 15) is 14.7 Å². The Bertz CT molecular complexity index is 974. The van der Waals surface area contributed by atoms with Crippen molar-refractivity contribution in [2.45, 2.75) is 32.8 Å². The second kappa shape index (κ2) is 11.2. The molecule has 0 aliphatic heterocycles. The molecule has 6 nitrogen and oxygen atoms in total. The van der Waals surface area contributed by atoms with Crippen LogP contribution in [0.5, 0.6) is 5.75 Å². The summed E-state index contributed by atoms with van der Waals surface area (Å²) in [6.07, 6.45) is 2.13. The Morgan fingerprint density at radius 1 is 1.13 bits per heavy atom. The molecule has 31 heavy (non-hydrogen) atoms. The minimum atomic E-state index is -1.02. The number of benzene rings is 2. The van der Waals surface area contributed by atoms with E-state index in [-0.39, 0.29) is 5.75 Å². The highest BCUT2D eigenvalue weighted by atomic mass is 79.9. The number of rotatable bonds is 8. The van der Waals surface area contributed by atoms with E-state index < -0.39 is 23.6 Å². The third kappa shape index (κ3) is 7.66. The maximum atomic E-state index is 12.7. The normalized spacial score (nSPS) is 12.5. The summed E-state index contributed by atoms with van der Waals surface area (Å²) in [4.78, 5) is 23.4. The molecule has 0 radical (unpaired) electrons. The quantitative estimate of drug-likeness (QED) is 0.267. The van der Waals surface area contributed by atoms with E-state index in [0.29, 0.717) is 33.0 Å². The van der Waals surface area contributed by atoms with E-state index in [1.807, 2.05) is 13.8 Å². The molecule has 0 saturated carbocycles. The summed E-state index contributed by atoms with van der Waals surface area (Å²) in [6.45, 7) is 3.79. The van der Waals surface area contributed by atoms with Crippen LogP contribution in [0.15, 0.2) is 62.0 Å². The van der Waals surface area contributed by atoms with Gasteiger partial charge in [-0.1, -0.05) is 51.8 Å². The number of phenols is 1. The van der Waals surface area contributed by atoms with Crippen LogP contribution in [0, 0.1) is 5.41 Å². The van der Waals surface area contributed by atoms with E-state index in [2.05, 4.69) is 53.1 Å². The molecule has 9 heteroatoms. The number of carbonyl (C=O) groups is 2. The molecule has 0 unspecified atom stereocenters. The van der Waals surface area contributed by atoms with Crippen LogP contribution in [0.25, 0.3) is 0 Å². The van der Waals surface area contributed by atoms with Crippen molar-refractivity contribution in [3.63, 3.8) is 0 Å². The van der Waals surface area contributed by atoms with Crippen molar-refractivity contribution in [2.24, 2.45) is 5.41 Å². The van der Waals surface area contributed by atoms with Gasteiger partial charge in [-0.15, -0.1) is 0 Å². The van der Waals surface area contributed by atoms with Gasteiger partial charge in [0, 0.05) is 31.7 Å². The predicted molar refractivity (Wildman–Crippen MR) is 130 cm³/mol. The van der Waals surface area contributed by atoms with Crippen molar-refractivity contribution in [1.82, 2.24) is 0 Å². The molecule has 166 valence electrons. The Morgan fingerprint density at radius 3 is 2.39 bits per heavy atom. The number of allylic oxidation sites excluding steroid dienone is 1. The van der Waals surface area contributed by atoms with Gasteiger partial charge in [-0.25, -0.2) is 9.59 Å². The van der Waals surface area contributed by atoms with Crippen molar-refractivity contribution in [3.05, 3.63) is 67.5 Å². The zero-order chi connectivity index (χ0) is 23.2. The number of carboxylic acids is 1. The number of carbonyl (C=O) groups excluding carboxylic acids is 1. The zero-order valence-corrected chi connectivity index (χ0v) is 21.6. The summed E-state index contributed by atoms with van der Waals surface area (Å²) < 4.78 is 7.84. The Morgan fingerprint density at radius 2 is 1.77 bits per heavy atom. The van der Waals surface area contributed by atoms with Crippen LogP contribution < -0.4 is 5.32 Å². The SMILES string of the molecule is CC(C)(CC/C=C/C(=O)O)[C@@H](OC(=O)Nc1ccc(Br)cc1)c1cc(Br)cc(Br)c1O. The van der Waals surface area contributed by atoms with Gasteiger partial charge in [-0.2, -0.15) is 0 Å². The fraction of sp³-hybridized carbons (Fsp3) is 0.273. The summed E-state index contributed by atoms with van der Waals surface area (Å²) in [6, 6.07) is 10.4. The van der Waals surface area contributed by atoms with Crippen molar-refractivity contribution in [3.8, 4) is 5.75 Å². The molecule has 0 aliphatic rings. The van der Waals surface area contributed by atoms with Crippen LogP contribution in [-0.2, 0) is 9.53 Å². The summed E-state index contributed by atoms with van der Waals surface area (Å²) in [5.41, 5.74) is 0.366. The first-order valence-electron chi connectivity index (χ1n) is 9.30. The van der Waals surface area contributed by atoms with Gasteiger partial charge in [0.1, 0.15) is 11.9 Å². The van der Waals surface area contributed by atoms with E-state index in [1.165, 1.54) is 0 Å².